The summed E-state index contributed by atoms with van der Waals surface area (Å²) in [6, 6.07) is 6.83. The molecule has 21 heavy (non-hydrogen) atoms. The number of methoxy groups -OCH3 is 1. The molecule has 0 aliphatic rings. The SMILES string of the molecule is COCCOCCCOC(=O)c1cc2cc(N)ccc2o1. The average molecular weight is 293 g/mol. The lowest BCUT2D eigenvalue weighted by Gasteiger charge is -2.04. The van der Waals surface area contributed by atoms with Crippen LogP contribution in [0.1, 0.15) is 17.0 Å². The van der Waals surface area contributed by atoms with Gasteiger partial charge in [0.25, 0.3) is 0 Å². The van der Waals surface area contributed by atoms with E-state index in [1.54, 1.807) is 31.4 Å². The van der Waals surface area contributed by atoms with Crippen molar-refractivity contribution in [3.05, 3.63) is 30.0 Å². The van der Waals surface area contributed by atoms with Crippen molar-refractivity contribution in [1.82, 2.24) is 0 Å². The minimum atomic E-state index is -0.485. The molecule has 0 saturated heterocycles. The molecular weight excluding hydrogens is 274 g/mol. The average Bonchev–Trinajstić information content (AvgIpc) is 2.89. The number of anilines is 1. The summed E-state index contributed by atoms with van der Waals surface area (Å²) in [7, 11) is 1.62. The second-order valence-electron chi connectivity index (χ2n) is 4.50. The number of furan rings is 1. The van der Waals surface area contributed by atoms with Crippen LogP contribution >= 0.6 is 0 Å². The second kappa shape index (κ2) is 7.66. The van der Waals surface area contributed by atoms with Crippen LogP contribution in [-0.4, -0.2) is 39.5 Å². The number of fused-ring (bicyclic) bond motifs is 1. The Labute approximate surface area is 122 Å². The fourth-order valence-electron chi connectivity index (χ4n) is 1.80. The Morgan fingerprint density at radius 2 is 2.05 bits per heavy atom. The molecular formula is C15H19NO5. The number of benzene rings is 1. The number of ether oxygens (including phenoxy) is 3. The molecule has 1 heterocycles. The Morgan fingerprint density at radius 3 is 2.86 bits per heavy atom. The van der Waals surface area contributed by atoms with Crippen LogP contribution in [0.4, 0.5) is 5.69 Å². The summed E-state index contributed by atoms with van der Waals surface area (Å²) < 4.78 is 20.7. The lowest BCUT2D eigenvalue weighted by molar-refractivity contribution is 0.0361. The molecule has 6 nitrogen and oxygen atoms in total. The quantitative estimate of drug-likeness (QED) is 0.456. The van der Waals surface area contributed by atoms with Crippen LogP contribution in [0.3, 0.4) is 0 Å². The van der Waals surface area contributed by atoms with Crippen molar-refractivity contribution in [2.24, 2.45) is 0 Å². The highest BCUT2D eigenvalue weighted by Crippen LogP contribution is 2.22. The molecule has 0 aliphatic carbocycles. The largest absolute Gasteiger partial charge is 0.460 e. The lowest BCUT2D eigenvalue weighted by atomic mass is 10.2. The molecule has 0 amide bonds. The number of nitrogen functional groups attached to an aromatic ring is 1. The second-order valence-corrected chi connectivity index (χ2v) is 4.50. The van der Waals surface area contributed by atoms with Crippen molar-refractivity contribution in [2.75, 3.05) is 39.3 Å². The van der Waals surface area contributed by atoms with Gasteiger partial charge in [-0.3, -0.25) is 0 Å². The minimum absolute atomic E-state index is 0.177. The van der Waals surface area contributed by atoms with Gasteiger partial charge < -0.3 is 24.4 Å². The molecule has 6 heteroatoms. The normalized spacial score (nSPS) is 10.9. The van der Waals surface area contributed by atoms with Gasteiger partial charge in [0.1, 0.15) is 5.58 Å². The predicted octanol–water partition coefficient (Wildman–Crippen LogP) is 2.22. The lowest BCUT2D eigenvalue weighted by Crippen LogP contribution is -2.09. The molecule has 0 bridgehead atoms. The maximum atomic E-state index is 11.8. The summed E-state index contributed by atoms with van der Waals surface area (Å²) >= 11 is 0. The summed E-state index contributed by atoms with van der Waals surface area (Å²) in [6.07, 6.45) is 0.628. The van der Waals surface area contributed by atoms with Crippen molar-refractivity contribution in [3.63, 3.8) is 0 Å². The van der Waals surface area contributed by atoms with Gasteiger partial charge >= 0.3 is 5.97 Å². The van der Waals surface area contributed by atoms with Gasteiger partial charge in [-0.05, 0) is 24.3 Å². The highest BCUT2D eigenvalue weighted by Gasteiger charge is 2.13. The van der Waals surface area contributed by atoms with Crippen molar-refractivity contribution in [2.45, 2.75) is 6.42 Å². The third-order valence-corrected chi connectivity index (χ3v) is 2.84. The van der Waals surface area contributed by atoms with E-state index in [0.717, 1.165) is 5.39 Å². The number of rotatable bonds is 8. The molecule has 0 unspecified atom stereocenters. The monoisotopic (exact) mass is 293 g/mol. The van der Waals surface area contributed by atoms with E-state index >= 15 is 0 Å². The van der Waals surface area contributed by atoms with E-state index in [-0.39, 0.29) is 12.4 Å². The summed E-state index contributed by atoms with van der Waals surface area (Å²) in [4.78, 5) is 11.8. The van der Waals surface area contributed by atoms with E-state index < -0.39 is 5.97 Å². The van der Waals surface area contributed by atoms with Gasteiger partial charge in [0.15, 0.2) is 0 Å². The summed E-state index contributed by atoms with van der Waals surface area (Å²) in [5.41, 5.74) is 6.91. The van der Waals surface area contributed by atoms with Crippen LogP contribution in [0, 0.1) is 0 Å². The van der Waals surface area contributed by atoms with Gasteiger partial charge in [-0.15, -0.1) is 0 Å². The summed E-state index contributed by atoms with van der Waals surface area (Å²) in [5, 5.41) is 0.782. The third kappa shape index (κ3) is 4.47. The first-order chi connectivity index (χ1) is 10.2. The smallest absolute Gasteiger partial charge is 0.374 e. The van der Waals surface area contributed by atoms with E-state index in [1.165, 1.54) is 0 Å². The first-order valence-electron chi connectivity index (χ1n) is 6.73. The van der Waals surface area contributed by atoms with Crippen LogP contribution in [0.15, 0.2) is 28.7 Å². The number of esters is 1. The fraction of sp³-hybridized carbons (Fsp3) is 0.400. The van der Waals surface area contributed by atoms with Crippen LogP contribution in [0.2, 0.25) is 0 Å². The van der Waals surface area contributed by atoms with E-state index in [4.69, 9.17) is 24.4 Å². The van der Waals surface area contributed by atoms with Gasteiger partial charge in [0.2, 0.25) is 5.76 Å². The Hall–Kier alpha value is -2.05. The Balaban J connectivity index is 1.77. The highest BCUT2D eigenvalue weighted by atomic mass is 16.5. The molecule has 0 aliphatic heterocycles. The van der Waals surface area contributed by atoms with Crippen molar-refractivity contribution < 1.29 is 23.4 Å². The zero-order valence-electron chi connectivity index (χ0n) is 12.0. The molecule has 2 rings (SSSR count). The summed E-state index contributed by atoms with van der Waals surface area (Å²) in [6.45, 7) is 1.90. The Bertz CT molecular complexity index is 593. The number of carbonyl (C=O) groups is 1. The van der Waals surface area contributed by atoms with Gasteiger partial charge in [-0.2, -0.15) is 0 Å². The van der Waals surface area contributed by atoms with Gasteiger partial charge in [-0.25, -0.2) is 4.79 Å². The maximum absolute atomic E-state index is 11.8. The zero-order chi connectivity index (χ0) is 15.1. The predicted molar refractivity (Wildman–Crippen MR) is 78.2 cm³/mol. The Morgan fingerprint density at radius 1 is 1.19 bits per heavy atom. The van der Waals surface area contributed by atoms with Crippen LogP contribution in [0.5, 0.6) is 0 Å². The first-order valence-corrected chi connectivity index (χ1v) is 6.73. The van der Waals surface area contributed by atoms with Gasteiger partial charge in [0, 0.05) is 31.2 Å². The van der Waals surface area contributed by atoms with E-state index in [2.05, 4.69) is 0 Å². The van der Waals surface area contributed by atoms with E-state index in [0.29, 0.717) is 37.5 Å². The van der Waals surface area contributed by atoms with Crippen molar-refractivity contribution >= 4 is 22.6 Å². The number of nitrogens with two attached hydrogens (primary N) is 1. The minimum Gasteiger partial charge on any atom is -0.460 e. The molecule has 114 valence electrons. The Kier molecular flexibility index (Phi) is 5.59. The highest BCUT2D eigenvalue weighted by molar-refractivity contribution is 5.93. The molecule has 0 radical (unpaired) electrons. The van der Waals surface area contributed by atoms with Gasteiger partial charge in [0.05, 0.1) is 19.8 Å². The molecule has 0 atom stereocenters. The molecule has 0 saturated carbocycles. The van der Waals surface area contributed by atoms with Gasteiger partial charge in [-0.1, -0.05) is 0 Å². The van der Waals surface area contributed by atoms with Crippen LogP contribution in [0.25, 0.3) is 11.0 Å². The molecule has 2 aromatic rings. The number of hydrogen-bond acceptors (Lipinski definition) is 6. The summed E-state index contributed by atoms with van der Waals surface area (Å²) in [5.74, 6) is -0.308. The topological polar surface area (TPSA) is 83.9 Å². The molecule has 2 N–H and O–H groups in total. The molecule has 0 spiro atoms. The van der Waals surface area contributed by atoms with E-state index in [1.807, 2.05) is 0 Å². The first kappa shape index (κ1) is 15.3. The molecule has 0 fully saturated rings. The number of hydrogen-bond donors (Lipinski definition) is 1. The van der Waals surface area contributed by atoms with Crippen molar-refractivity contribution in [3.8, 4) is 0 Å². The fourth-order valence-corrected chi connectivity index (χ4v) is 1.80. The van der Waals surface area contributed by atoms with Crippen LogP contribution < -0.4 is 5.73 Å². The third-order valence-electron chi connectivity index (χ3n) is 2.84. The molecule has 1 aromatic heterocycles. The van der Waals surface area contributed by atoms with Crippen LogP contribution in [-0.2, 0) is 14.2 Å². The van der Waals surface area contributed by atoms with Crippen molar-refractivity contribution in [1.29, 1.82) is 0 Å². The molecule has 1 aromatic carbocycles. The maximum Gasteiger partial charge on any atom is 0.374 e. The zero-order valence-corrected chi connectivity index (χ0v) is 12.0. The van der Waals surface area contributed by atoms with E-state index in [9.17, 15) is 4.79 Å². The number of carbonyl (C=O) groups excluding carboxylic acids is 1. The standard InChI is InChI=1S/C15H19NO5/c1-18-7-8-19-5-2-6-20-15(17)14-10-11-9-12(16)3-4-13(11)21-14/h3-4,9-10H,2,5-8,16H2,1H3.